The maximum atomic E-state index is 13.7. The van der Waals surface area contributed by atoms with E-state index >= 15 is 0 Å². The summed E-state index contributed by atoms with van der Waals surface area (Å²) >= 11 is 0. The minimum atomic E-state index is -2.01. The predicted octanol–water partition coefficient (Wildman–Crippen LogP) is 2.94. The Morgan fingerprint density at radius 2 is 2.03 bits per heavy atom. The quantitative estimate of drug-likeness (QED) is 0.250. The summed E-state index contributed by atoms with van der Waals surface area (Å²) in [5, 5.41) is 25.2. The first-order valence-electron chi connectivity index (χ1n) is 11.8. The molecule has 1 aromatic carbocycles. The second-order valence-corrected chi connectivity index (χ2v) is 8.99. The third kappa shape index (κ3) is 3.41. The number of carbonyl (C=O) groups excluding carboxylic acids is 2. The summed E-state index contributed by atoms with van der Waals surface area (Å²) in [6.45, 7) is 3.32. The van der Waals surface area contributed by atoms with E-state index in [9.17, 15) is 24.7 Å². The summed E-state index contributed by atoms with van der Waals surface area (Å²) in [6.07, 6.45) is 1.48. The van der Waals surface area contributed by atoms with Crippen molar-refractivity contribution in [3.05, 3.63) is 68.6 Å². The number of benzene rings is 1. The van der Waals surface area contributed by atoms with Gasteiger partial charge in [0.1, 0.15) is 12.3 Å². The van der Waals surface area contributed by atoms with Gasteiger partial charge in [0.15, 0.2) is 5.60 Å². The summed E-state index contributed by atoms with van der Waals surface area (Å²) in [4.78, 5) is 38.8. The van der Waals surface area contributed by atoms with Crippen LogP contribution in [0.1, 0.15) is 68.9 Å². The highest BCUT2D eigenvalue weighted by Gasteiger charge is 2.48. The zero-order valence-corrected chi connectivity index (χ0v) is 19.6. The van der Waals surface area contributed by atoms with Gasteiger partial charge in [0.2, 0.25) is 17.4 Å². The van der Waals surface area contributed by atoms with Gasteiger partial charge < -0.3 is 19.8 Å². The monoisotopic (exact) mass is 478 g/mol. The van der Waals surface area contributed by atoms with Crippen molar-refractivity contribution in [3.63, 3.8) is 0 Å². The first-order valence-corrected chi connectivity index (χ1v) is 11.8. The fourth-order valence-electron chi connectivity index (χ4n) is 4.96. The van der Waals surface area contributed by atoms with E-state index in [1.54, 1.807) is 37.3 Å². The number of fused-ring (bicyclic) bond motifs is 5. The molecule has 35 heavy (non-hydrogen) atoms. The summed E-state index contributed by atoms with van der Waals surface area (Å²) < 4.78 is 12.9. The minimum Gasteiger partial charge on any atom is -0.618 e. The third-order valence-electron chi connectivity index (χ3n) is 6.90. The van der Waals surface area contributed by atoms with E-state index in [0.717, 1.165) is 12.8 Å². The van der Waals surface area contributed by atoms with E-state index in [4.69, 9.17) is 9.47 Å². The van der Waals surface area contributed by atoms with Gasteiger partial charge in [0.25, 0.3) is 5.56 Å². The van der Waals surface area contributed by atoms with Crippen LogP contribution in [0.4, 0.5) is 0 Å². The maximum Gasteiger partial charge on any atom is 0.343 e. The van der Waals surface area contributed by atoms with Gasteiger partial charge in [-0.25, -0.2) is 4.79 Å². The number of hydrogen-bond acceptors (Lipinski definition) is 7. The molecule has 1 N–H and O–H groups in total. The highest BCUT2D eigenvalue weighted by Crippen LogP contribution is 2.42. The van der Waals surface area contributed by atoms with E-state index in [1.165, 1.54) is 10.6 Å². The molecule has 5 rings (SSSR count). The van der Waals surface area contributed by atoms with Crippen LogP contribution in [0.15, 0.2) is 41.2 Å². The van der Waals surface area contributed by atoms with Crippen molar-refractivity contribution >= 4 is 22.8 Å². The smallest absolute Gasteiger partial charge is 0.343 e. The maximum absolute atomic E-state index is 13.7. The Kier molecular flexibility index (Phi) is 5.59. The van der Waals surface area contributed by atoms with Crippen molar-refractivity contribution in [2.24, 2.45) is 0 Å². The lowest BCUT2D eigenvalue weighted by atomic mass is 9.86. The Labute approximate surface area is 201 Å². The molecule has 0 spiro atoms. The lowest BCUT2D eigenvalue weighted by molar-refractivity contribution is -0.565. The average molecular weight is 479 g/mol. The molecule has 9 heteroatoms. The molecule has 4 heterocycles. The highest BCUT2D eigenvalue weighted by atomic mass is 16.6. The van der Waals surface area contributed by atoms with Crippen LogP contribution in [0, 0.1) is 5.21 Å². The highest BCUT2D eigenvalue weighted by molar-refractivity contribution is 5.85. The lowest BCUT2D eigenvalue weighted by Crippen LogP contribution is -2.45. The van der Waals surface area contributed by atoms with Gasteiger partial charge in [-0.2, -0.15) is 4.73 Å². The first-order chi connectivity index (χ1) is 16.8. The number of ether oxygens (including phenoxy) is 2. The number of aromatic nitrogens is 2. The molecule has 0 saturated carbocycles. The molecular formula is C26H26N2O7. The van der Waals surface area contributed by atoms with E-state index in [1.807, 2.05) is 6.92 Å². The summed E-state index contributed by atoms with van der Waals surface area (Å²) in [5.74, 6) is -1.32. The molecule has 1 unspecified atom stereocenters. The fourth-order valence-corrected chi connectivity index (χ4v) is 4.96. The number of pyridine rings is 2. The van der Waals surface area contributed by atoms with Gasteiger partial charge in [-0.15, -0.1) is 0 Å². The van der Waals surface area contributed by atoms with Crippen LogP contribution in [-0.2, 0) is 31.3 Å². The standard InChI is InChI=1S/C26H26N2O7/c1-3-5-6-11-21(29)35-24-16-12-15-9-7-8-10-19(15)28(33)22(16)20-13-18-17(23(30)27(20)24)14-34-25(31)26(18,32)4-2/h7-10,12-13,24,32H,3-6,11,14H2,1-2H3/t24?,26-/m0/s1. The SMILES string of the molecule is CCCCCC(=O)OC1c2cc3ccccc3[n+]([O-])c2-c2cc3c(c(=O)n21)COC(=O)[C@]3(O)CC. The van der Waals surface area contributed by atoms with Crippen LogP contribution in [0.2, 0.25) is 0 Å². The number of esters is 2. The van der Waals surface area contributed by atoms with Gasteiger partial charge in [-0.3, -0.25) is 14.2 Å². The molecule has 0 fully saturated rings. The Morgan fingerprint density at radius 3 is 2.77 bits per heavy atom. The molecule has 0 saturated heterocycles. The van der Waals surface area contributed by atoms with Crippen molar-refractivity contribution in [3.8, 4) is 11.4 Å². The van der Waals surface area contributed by atoms with E-state index in [0.29, 0.717) is 27.6 Å². The van der Waals surface area contributed by atoms with Gasteiger partial charge in [-0.1, -0.05) is 38.8 Å². The van der Waals surface area contributed by atoms with Crippen LogP contribution in [0.5, 0.6) is 0 Å². The molecule has 2 aliphatic heterocycles. The van der Waals surface area contributed by atoms with Crippen LogP contribution in [-0.4, -0.2) is 21.6 Å². The minimum absolute atomic E-state index is 0.0144. The van der Waals surface area contributed by atoms with Crippen molar-refractivity contribution in [2.75, 3.05) is 0 Å². The normalized spacial score (nSPS) is 20.2. The van der Waals surface area contributed by atoms with Crippen molar-refractivity contribution < 1.29 is 28.9 Å². The van der Waals surface area contributed by atoms with Crippen molar-refractivity contribution in [2.45, 2.75) is 64.4 Å². The molecule has 9 nitrogen and oxygen atoms in total. The molecule has 2 aromatic heterocycles. The van der Waals surface area contributed by atoms with Crippen LogP contribution < -0.4 is 10.3 Å². The molecular weight excluding hydrogens is 452 g/mol. The third-order valence-corrected chi connectivity index (χ3v) is 6.90. The number of aliphatic hydroxyl groups is 1. The van der Waals surface area contributed by atoms with Crippen molar-refractivity contribution in [1.82, 2.24) is 4.57 Å². The van der Waals surface area contributed by atoms with Gasteiger partial charge in [0.05, 0.1) is 11.1 Å². The molecule has 2 atom stereocenters. The molecule has 0 amide bonds. The number of para-hydroxylation sites is 1. The zero-order valence-electron chi connectivity index (χ0n) is 19.6. The predicted molar refractivity (Wildman–Crippen MR) is 125 cm³/mol. The number of hydrogen-bond donors (Lipinski definition) is 1. The number of nitrogens with zero attached hydrogens (tertiary/aromatic N) is 2. The molecule has 182 valence electrons. The van der Waals surface area contributed by atoms with Gasteiger partial charge >= 0.3 is 11.9 Å². The summed E-state index contributed by atoms with van der Waals surface area (Å²) in [6, 6.07) is 10.2. The molecule has 0 bridgehead atoms. The fraction of sp³-hybridized carbons (Fsp3) is 0.385. The van der Waals surface area contributed by atoms with Crippen LogP contribution in [0.25, 0.3) is 22.3 Å². The Bertz CT molecular complexity index is 1430. The van der Waals surface area contributed by atoms with E-state index < -0.39 is 29.3 Å². The van der Waals surface area contributed by atoms with Gasteiger partial charge in [0, 0.05) is 23.4 Å². The van der Waals surface area contributed by atoms with Crippen molar-refractivity contribution in [1.29, 1.82) is 0 Å². The zero-order chi connectivity index (χ0) is 24.9. The molecule has 2 aliphatic rings. The topological polar surface area (TPSA) is 122 Å². The Balaban J connectivity index is 1.75. The largest absolute Gasteiger partial charge is 0.618 e. The number of unbranched alkanes of at least 4 members (excludes halogenated alkanes) is 2. The van der Waals surface area contributed by atoms with Gasteiger partial charge in [-0.05, 0) is 31.0 Å². The average Bonchev–Trinajstić information content (AvgIpc) is 3.15. The number of cyclic esters (lactones) is 1. The summed E-state index contributed by atoms with van der Waals surface area (Å²) in [7, 11) is 0. The van der Waals surface area contributed by atoms with Crippen LogP contribution in [0.3, 0.4) is 0 Å². The second-order valence-electron chi connectivity index (χ2n) is 8.99. The number of carbonyl (C=O) groups is 2. The Morgan fingerprint density at radius 1 is 1.26 bits per heavy atom. The molecule has 0 radical (unpaired) electrons. The Hall–Kier alpha value is -3.72. The van der Waals surface area contributed by atoms with E-state index in [-0.39, 0.29) is 42.0 Å². The first kappa shape index (κ1) is 23.0. The second kappa shape index (κ2) is 8.49. The summed E-state index contributed by atoms with van der Waals surface area (Å²) in [5.41, 5.74) is -1.31. The molecule has 0 aliphatic carbocycles. The molecule has 3 aromatic rings. The van der Waals surface area contributed by atoms with Crippen LogP contribution >= 0.6 is 0 Å². The lowest BCUT2D eigenvalue weighted by Gasteiger charge is -2.31. The van der Waals surface area contributed by atoms with E-state index in [2.05, 4.69) is 0 Å². The number of rotatable bonds is 6.